The summed E-state index contributed by atoms with van der Waals surface area (Å²) in [6, 6.07) is 14.2. The maximum absolute atomic E-state index is 8.95. The molecule has 0 aliphatic rings. The Labute approximate surface area is 95.5 Å². The lowest BCUT2D eigenvalue weighted by Gasteiger charge is -2.12. The van der Waals surface area contributed by atoms with Crippen LogP contribution in [0, 0.1) is 5.92 Å². The third kappa shape index (κ3) is 2.34. The smallest absolute Gasteiger partial charge is 0.127 e. The molecule has 0 bridgehead atoms. The topological polar surface area (TPSA) is 29.5 Å². The minimum Gasteiger partial charge on any atom is -0.493 e. The Kier molecular flexibility index (Phi) is 3.42. The molecule has 2 aromatic carbocycles. The van der Waals surface area contributed by atoms with E-state index in [9.17, 15) is 0 Å². The molecule has 1 atom stereocenters. The summed E-state index contributed by atoms with van der Waals surface area (Å²) in [5.74, 6) is 1.05. The number of hydrogen-bond donors (Lipinski definition) is 1. The average molecular weight is 216 g/mol. The monoisotopic (exact) mass is 216 g/mol. The van der Waals surface area contributed by atoms with Crippen molar-refractivity contribution in [2.45, 2.75) is 6.92 Å². The number of ether oxygens (including phenoxy) is 1. The van der Waals surface area contributed by atoms with Gasteiger partial charge >= 0.3 is 0 Å². The van der Waals surface area contributed by atoms with Crippen LogP contribution >= 0.6 is 0 Å². The summed E-state index contributed by atoms with van der Waals surface area (Å²) in [4.78, 5) is 0. The molecule has 0 spiro atoms. The maximum atomic E-state index is 8.95. The van der Waals surface area contributed by atoms with Crippen molar-refractivity contribution >= 4 is 10.8 Å². The second-order valence-electron chi connectivity index (χ2n) is 4.08. The van der Waals surface area contributed by atoms with Crippen molar-refractivity contribution in [3.05, 3.63) is 42.5 Å². The number of aliphatic hydroxyl groups is 1. The van der Waals surface area contributed by atoms with Gasteiger partial charge in [-0.15, -0.1) is 0 Å². The first-order valence-electron chi connectivity index (χ1n) is 5.52. The van der Waals surface area contributed by atoms with Gasteiger partial charge in [0.2, 0.25) is 0 Å². The van der Waals surface area contributed by atoms with Crippen LogP contribution in [0.5, 0.6) is 5.75 Å². The summed E-state index contributed by atoms with van der Waals surface area (Å²) >= 11 is 0. The molecular formula is C14H16O2. The highest BCUT2D eigenvalue weighted by Crippen LogP contribution is 2.25. The van der Waals surface area contributed by atoms with Crippen LogP contribution in [0.25, 0.3) is 10.8 Å². The van der Waals surface area contributed by atoms with E-state index >= 15 is 0 Å². The maximum Gasteiger partial charge on any atom is 0.127 e. The summed E-state index contributed by atoms with van der Waals surface area (Å²) in [5, 5.41) is 11.2. The summed E-state index contributed by atoms with van der Waals surface area (Å²) < 4.78 is 5.71. The van der Waals surface area contributed by atoms with E-state index in [1.165, 1.54) is 5.39 Å². The molecule has 16 heavy (non-hydrogen) atoms. The van der Waals surface area contributed by atoms with Crippen molar-refractivity contribution in [3.8, 4) is 5.75 Å². The minimum atomic E-state index is 0.158. The molecular weight excluding hydrogens is 200 g/mol. The number of rotatable bonds is 4. The zero-order valence-electron chi connectivity index (χ0n) is 9.39. The summed E-state index contributed by atoms with van der Waals surface area (Å²) in [6.07, 6.45) is 0. The lowest BCUT2D eigenvalue weighted by molar-refractivity contribution is 0.175. The van der Waals surface area contributed by atoms with Gasteiger partial charge in [-0.2, -0.15) is 0 Å². The first-order chi connectivity index (χ1) is 7.81. The third-order valence-electron chi connectivity index (χ3n) is 2.58. The Hall–Kier alpha value is -1.54. The van der Waals surface area contributed by atoms with Crippen LogP contribution in [0.1, 0.15) is 6.92 Å². The molecule has 0 aromatic heterocycles. The van der Waals surface area contributed by atoms with E-state index in [0.717, 1.165) is 11.1 Å². The van der Waals surface area contributed by atoms with Crippen LogP contribution < -0.4 is 4.74 Å². The van der Waals surface area contributed by atoms with Crippen molar-refractivity contribution in [2.75, 3.05) is 13.2 Å². The van der Waals surface area contributed by atoms with Gasteiger partial charge in [-0.25, -0.2) is 0 Å². The zero-order valence-corrected chi connectivity index (χ0v) is 9.39. The predicted octanol–water partition coefficient (Wildman–Crippen LogP) is 2.85. The van der Waals surface area contributed by atoms with E-state index in [1.807, 2.05) is 37.3 Å². The quantitative estimate of drug-likeness (QED) is 0.851. The number of hydrogen-bond acceptors (Lipinski definition) is 2. The fourth-order valence-corrected chi connectivity index (χ4v) is 1.61. The molecule has 0 aliphatic heterocycles. The number of aliphatic hydroxyl groups excluding tert-OH is 1. The van der Waals surface area contributed by atoms with Crippen molar-refractivity contribution in [3.63, 3.8) is 0 Å². The Bertz CT molecular complexity index is 460. The number of fused-ring (bicyclic) bond motifs is 1. The molecule has 0 saturated heterocycles. The Balaban J connectivity index is 2.23. The van der Waals surface area contributed by atoms with Crippen LogP contribution in [0.15, 0.2) is 42.5 Å². The van der Waals surface area contributed by atoms with Gasteiger partial charge in [0, 0.05) is 17.9 Å². The van der Waals surface area contributed by atoms with Gasteiger partial charge in [0.05, 0.1) is 6.61 Å². The Morgan fingerprint density at radius 3 is 2.69 bits per heavy atom. The van der Waals surface area contributed by atoms with Crippen molar-refractivity contribution in [2.24, 2.45) is 5.92 Å². The normalized spacial score (nSPS) is 12.6. The second-order valence-corrected chi connectivity index (χ2v) is 4.08. The van der Waals surface area contributed by atoms with Crippen molar-refractivity contribution in [1.82, 2.24) is 0 Å². The Morgan fingerprint density at radius 1 is 1.12 bits per heavy atom. The predicted molar refractivity (Wildman–Crippen MR) is 65.7 cm³/mol. The van der Waals surface area contributed by atoms with Gasteiger partial charge < -0.3 is 9.84 Å². The van der Waals surface area contributed by atoms with Crippen molar-refractivity contribution in [1.29, 1.82) is 0 Å². The average Bonchev–Trinajstić information content (AvgIpc) is 2.35. The fraction of sp³-hybridized carbons (Fsp3) is 0.286. The summed E-state index contributed by atoms with van der Waals surface area (Å²) in [6.45, 7) is 2.67. The highest BCUT2D eigenvalue weighted by Gasteiger charge is 2.04. The largest absolute Gasteiger partial charge is 0.493 e. The zero-order chi connectivity index (χ0) is 11.4. The van der Waals surface area contributed by atoms with Gasteiger partial charge in [-0.3, -0.25) is 0 Å². The van der Waals surface area contributed by atoms with E-state index in [4.69, 9.17) is 9.84 Å². The van der Waals surface area contributed by atoms with Gasteiger partial charge in [0.15, 0.2) is 0 Å². The van der Waals surface area contributed by atoms with Crippen LogP contribution in [0.3, 0.4) is 0 Å². The lowest BCUT2D eigenvalue weighted by atomic mass is 10.1. The van der Waals surface area contributed by atoms with E-state index < -0.39 is 0 Å². The molecule has 0 radical (unpaired) electrons. The Morgan fingerprint density at radius 2 is 1.88 bits per heavy atom. The van der Waals surface area contributed by atoms with Crippen LogP contribution in [-0.2, 0) is 0 Å². The second kappa shape index (κ2) is 4.99. The molecule has 2 nitrogen and oxygen atoms in total. The summed E-state index contributed by atoms with van der Waals surface area (Å²) in [7, 11) is 0. The van der Waals surface area contributed by atoms with Gasteiger partial charge in [0.25, 0.3) is 0 Å². The van der Waals surface area contributed by atoms with Crippen LogP contribution in [0.4, 0.5) is 0 Å². The SMILES string of the molecule is CC(CO)COc1cccc2ccccc12. The first-order valence-corrected chi connectivity index (χ1v) is 5.52. The molecule has 2 heteroatoms. The molecule has 84 valence electrons. The standard InChI is InChI=1S/C14H16O2/c1-11(9-15)10-16-14-8-4-6-12-5-2-3-7-13(12)14/h2-8,11,15H,9-10H2,1H3. The lowest BCUT2D eigenvalue weighted by Crippen LogP contribution is -2.12. The highest BCUT2D eigenvalue weighted by molar-refractivity contribution is 5.88. The van der Waals surface area contributed by atoms with Crippen LogP contribution in [0.2, 0.25) is 0 Å². The fourth-order valence-electron chi connectivity index (χ4n) is 1.61. The van der Waals surface area contributed by atoms with Gasteiger partial charge in [-0.1, -0.05) is 43.3 Å². The number of benzene rings is 2. The molecule has 0 fully saturated rings. The van der Waals surface area contributed by atoms with E-state index in [0.29, 0.717) is 6.61 Å². The van der Waals surface area contributed by atoms with Crippen molar-refractivity contribution < 1.29 is 9.84 Å². The molecule has 1 N–H and O–H groups in total. The molecule has 0 heterocycles. The van der Waals surface area contributed by atoms with E-state index in [2.05, 4.69) is 12.1 Å². The van der Waals surface area contributed by atoms with Gasteiger partial charge in [-0.05, 0) is 11.5 Å². The van der Waals surface area contributed by atoms with Gasteiger partial charge in [0.1, 0.15) is 5.75 Å². The molecule has 0 saturated carbocycles. The molecule has 1 unspecified atom stereocenters. The first kappa shape index (κ1) is 11.0. The third-order valence-corrected chi connectivity index (χ3v) is 2.58. The molecule has 0 amide bonds. The highest BCUT2D eigenvalue weighted by atomic mass is 16.5. The molecule has 2 rings (SSSR count). The van der Waals surface area contributed by atoms with E-state index in [-0.39, 0.29) is 12.5 Å². The van der Waals surface area contributed by atoms with E-state index in [1.54, 1.807) is 0 Å². The minimum absolute atomic E-state index is 0.158. The summed E-state index contributed by atoms with van der Waals surface area (Å²) in [5.41, 5.74) is 0. The molecule has 2 aromatic rings. The van der Waals surface area contributed by atoms with Crippen LogP contribution in [-0.4, -0.2) is 18.3 Å². The molecule has 0 aliphatic carbocycles.